The van der Waals surface area contributed by atoms with Crippen LogP contribution in [-0.2, 0) is 7.05 Å². The summed E-state index contributed by atoms with van der Waals surface area (Å²) in [5.41, 5.74) is 3.92. The van der Waals surface area contributed by atoms with Crippen LogP contribution in [0.4, 0.5) is 0 Å². The van der Waals surface area contributed by atoms with Crippen LogP contribution in [0.5, 0.6) is 6.01 Å². The average Bonchev–Trinajstić information content (AvgIpc) is 2.44. The molecule has 0 unspecified atom stereocenters. The van der Waals surface area contributed by atoms with Crippen molar-refractivity contribution in [3.05, 3.63) is 17.3 Å². The van der Waals surface area contributed by atoms with Gasteiger partial charge >= 0.3 is 0 Å². The third kappa shape index (κ3) is 1.14. The SMILES string of the molecule is COc1nc2c(C)cc(C)nc2n1C. The van der Waals surface area contributed by atoms with Gasteiger partial charge in [-0.1, -0.05) is 0 Å². The van der Waals surface area contributed by atoms with E-state index in [1.54, 1.807) is 7.11 Å². The van der Waals surface area contributed by atoms with Crippen molar-refractivity contribution < 1.29 is 4.74 Å². The van der Waals surface area contributed by atoms with Crippen LogP contribution in [0.3, 0.4) is 0 Å². The van der Waals surface area contributed by atoms with Gasteiger partial charge in [0.2, 0.25) is 0 Å². The number of hydrogen-bond donors (Lipinski definition) is 0. The molecule has 0 saturated carbocycles. The van der Waals surface area contributed by atoms with E-state index in [9.17, 15) is 0 Å². The number of methoxy groups -OCH3 is 1. The zero-order valence-corrected chi connectivity index (χ0v) is 8.83. The van der Waals surface area contributed by atoms with Gasteiger partial charge in [-0.3, -0.25) is 4.57 Å². The van der Waals surface area contributed by atoms with Crippen molar-refractivity contribution in [1.82, 2.24) is 14.5 Å². The highest BCUT2D eigenvalue weighted by Crippen LogP contribution is 2.21. The van der Waals surface area contributed by atoms with Crippen LogP contribution in [0.15, 0.2) is 6.07 Å². The van der Waals surface area contributed by atoms with E-state index >= 15 is 0 Å². The summed E-state index contributed by atoms with van der Waals surface area (Å²) in [6.45, 7) is 4.01. The van der Waals surface area contributed by atoms with Crippen LogP contribution in [0.25, 0.3) is 11.2 Å². The number of fused-ring (bicyclic) bond motifs is 1. The first-order chi connectivity index (χ1) is 6.63. The minimum absolute atomic E-state index is 0.598. The Balaban J connectivity index is 2.85. The molecule has 0 fully saturated rings. The smallest absolute Gasteiger partial charge is 0.298 e. The first-order valence-corrected chi connectivity index (χ1v) is 4.48. The Kier molecular flexibility index (Phi) is 1.91. The molecule has 0 aliphatic heterocycles. The summed E-state index contributed by atoms with van der Waals surface area (Å²) in [6.07, 6.45) is 0. The van der Waals surface area contributed by atoms with Crippen molar-refractivity contribution in [2.24, 2.45) is 7.05 Å². The summed E-state index contributed by atoms with van der Waals surface area (Å²) < 4.78 is 6.99. The summed E-state index contributed by atoms with van der Waals surface area (Å²) in [5.74, 6) is 0. The number of aromatic nitrogens is 3. The number of hydrogen-bond acceptors (Lipinski definition) is 3. The van der Waals surface area contributed by atoms with E-state index in [0.29, 0.717) is 6.01 Å². The molecule has 4 heteroatoms. The van der Waals surface area contributed by atoms with Gasteiger partial charge in [0.25, 0.3) is 6.01 Å². The molecule has 0 amide bonds. The molecule has 4 nitrogen and oxygen atoms in total. The van der Waals surface area contributed by atoms with Gasteiger partial charge in [0.1, 0.15) is 5.52 Å². The van der Waals surface area contributed by atoms with Crippen molar-refractivity contribution in [3.63, 3.8) is 0 Å². The summed E-state index contributed by atoms with van der Waals surface area (Å²) in [7, 11) is 3.52. The highest BCUT2D eigenvalue weighted by molar-refractivity contribution is 5.76. The Morgan fingerprint density at radius 2 is 2.00 bits per heavy atom. The third-order valence-corrected chi connectivity index (χ3v) is 2.29. The van der Waals surface area contributed by atoms with Crippen LogP contribution in [0.2, 0.25) is 0 Å². The molecule has 0 aliphatic rings. The predicted molar refractivity (Wildman–Crippen MR) is 54.5 cm³/mol. The average molecular weight is 191 g/mol. The van der Waals surface area contributed by atoms with E-state index in [4.69, 9.17) is 4.74 Å². The van der Waals surface area contributed by atoms with Gasteiger partial charge in [-0.15, -0.1) is 0 Å². The number of rotatable bonds is 1. The fourth-order valence-electron chi connectivity index (χ4n) is 1.63. The molecule has 2 rings (SSSR count). The van der Waals surface area contributed by atoms with E-state index in [2.05, 4.69) is 9.97 Å². The van der Waals surface area contributed by atoms with Crippen molar-refractivity contribution >= 4 is 11.2 Å². The maximum Gasteiger partial charge on any atom is 0.298 e. The third-order valence-electron chi connectivity index (χ3n) is 2.29. The van der Waals surface area contributed by atoms with E-state index in [-0.39, 0.29) is 0 Å². The minimum Gasteiger partial charge on any atom is -0.468 e. The number of nitrogens with zero attached hydrogens (tertiary/aromatic N) is 3. The summed E-state index contributed by atoms with van der Waals surface area (Å²) in [6, 6.07) is 2.62. The van der Waals surface area contributed by atoms with Crippen molar-refractivity contribution in [2.75, 3.05) is 7.11 Å². The zero-order valence-electron chi connectivity index (χ0n) is 8.83. The maximum absolute atomic E-state index is 5.14. The normalized spacial score (nSPS) is 10.9. The summed E-state index contributed by atoms with van der Waals surface area (Å²) >= 11 is 0. The van der Waals surface area contributed by atoms with Gasteiger partial charge in [0, 0.05) is 12.7 Å². The number of imidazole rings is 1. The lowest BCUT2D eigenvalue weighted by molar-refractivity contribution is 0.368. The van der Waals surface area contributed by atoms with Crippen LogP contribution >= 0.6 is 0 Å². The zero-order chi connectivity index (χ0) is 10.3. The Morgan fingerprint density at radius 3 is 2.64 bits per heavy atom. The van der Waals surface area contributed by atoms with Gasteiger partial charge in [-0.2, -0.15) is 4.98 Å². The molecule has 0 radical (unpaired) electrons. The fourth-order valence-corrected chi connectivity index (χ4v) is 1.63. The number of pyridine rings is 1. The van der Waals surface area contributed by atoms with Gasteiger partial charge in [0.05, 0.1) is 7.11 Å². The predicted octanol–water partition coefficient (Wildman–Crippen LogP) is 1.59. The van der Waals surface area contributed by atoms with Gasteiger partial charge < -0.3 is 4.74 Å². The molecule has 74 valence electrons. The van der Waals surface area contributed by atoms with Crippen LogP contribution in [-0.4, -0.2) is 21.6 Å². The Labute approximate surface area is 82.5 Å². The molecular weight excluding hydrogens is 178 g/mol. The second kappa shape index (κ2) is 2.97. The topological polar surface area (TPSA) is 39.9 Å². The van der Waals surface area contributed by atoms with Crippen molar-refractivity contribution in [2.45, 2.75) is 13.8 Å². The standard InChI is InChI=1S/C10H13N3O/c1-6-5-7(2)11-9-8(6)12-10(14-4)13(9)3/h5H,1-4H3. The Morgan fingerprint density at radius 1 is 1.29 bits per heavy atom. The lowest BCUT2D eigenvalue weighted by atomic mass is 10.2. The first-order valence-electron chi connectivity index (χ1n) is 4.48. The molecule has 2 aromatic heterocycles. The van der Waals surface area contributed by atoms with Crippen LogP contribution in [0.1, 0.15) is 11.3 Å². The largest absolute Gasteiger partial charge is 0.468 e. The molecule has 2 heterocycles. The Hall–Kier alpha value is -1.58. The van der Waals surface area contributed by atoms with Gasteiger partial charge in [-0.05, 0) is 25.5 Å². The van der Waals surface area contributed by atoms with E-state index in [0.717, 1.165) is 22.4 Å². The number of ether oxygens (including phenoxy) is 1. The lowest BCUT2D eigenvalue weighted by Gasteiger charge is -1.99. The molecule has 0 spiro atoms. The van der Waals surface area contributed by atoms with Gasteiger partial charge in [-0.25, -0.2) is 4.98 Å². The summed E-state index contributed by atoms with van der Waals surface area (Å²) in [5, 5.41) is 0. The molecule has 0 bridgehead atoms. The van der Waals surface area contributed by atoms with E-state index in [1.807, 2.05) is 31.5 Å². The fraction of sp³-hybridized carbons (Fsp3) is 0.400. The van der Waals surface area contributed by atoms with E-state index < -0.39 is 0 Å². The van der Waals surface area contributed by atoms with Crippen molar-refractivity contribution in [1.29, 1.82) is 0 Å². The number of aryl methyl sites for hydroxylation is 3. The van der Waals surface area contributed by atoms with Crippen LogP contribution in [0, 0.1) is 13.8 Å². The van der Waals surface area contributed by atoms with Gasteiger partial charge in [0.15, 0.2) is 5.65 Å². The molecule has 2 aromatic rings. The molecule has 0 saturated heterocycles. The Bertz CT molecular complexity index is 488. The molecule has 0 aromatic carbocycles. The monoisotopic (exact) mass is 191 g/mol. The second-order valence-electron chi connectivity index (χ2n) is 3.41. The highest BCUT2D eigenvalue weighted by Gasteiger charge is 2.11. The summed E-state index contributed by atoms with van der Waals surface area (Å²) in [4.78, 5) is 8.77. The maximum atomic E-state index is 5.14. The minimum atomic E-state index is 0.598. The molecular formula is C10H13N3O. The lowest BCUT2D eigenvalue weighted by Crippen LogP contribution is -1.95. The molecule has 0 aliphatic carbocycles. The van der Waals surface area contributed by atoms with Crippen molar-refractivity contribution in [3.8, 4) is 6.01 Å². The molecule has 0 atom stereocenters. The molecule has 14 heavy (non-hydrogen) atoms. The molecule has 0 N–H and O–H groups in total. The quantitative estimate of drug-likeness (QED) is 0.687. The first kappa shape index (κ1) is 8.99. The van der Waals surface area contributed by atoms with E-state index in [1.165, 1.54) is 0 Å². The second-order valence-corrected chi connectivity index (χ2v) is 3.41. The highest BCUT2D eigenvalue weighted by atomic mass is 16.5. The van der Waals surface area contributed by atoms with Crippen LogP contribution < -0.4 is 4.74 Å².